The first-order valence-corrected chi connectivity index (χ1v) is 9.19. The highest BCUT2D eigenvalue weighted by Crippen LogP contribution is 2.20. The Morgan fingerprint density at radius 3 is 2.64 bits per heavy atom. The molecule has 1 aromatic heterocycles. The number of aryl methyl sites for hydroxylation is 2. The number of hydrogen-bond donors (Lipinski definition) is 2. The number of aliphatic hydroxyl groups is 1. The van der Waals surface area contributed by atoms with Crippen molar-refractivity contribution in [2.24, 2.45) is 0 Å². The van der Waals surface area contributed by atoms with E-state index in [0.717, 1.165) is 22.0 Å². The van der Waals surface area contributed by atoms with Crippen LogP contribution < -0.4 is 5.56 Å². The van der Waals surface area contributed by atoms with Gasteiger partial charge in [0, 0.05) is 18.7 Å². The van der Waals surface area contributed by atoms with Gasteiger partial charge in [-0.2, -0.15) is 0 Å². The van der Waals surface area contributed by atoms with E-state index in [2.05, 4.69) is 4.98 Å². The maximum absolute atomic E-state index is 14.1. The fraction of sp³-hybridized carbons (Fsp3) is 0.273. The zero-order valence-electron chi connectivity index (χ0n) is 16.0. The lowest BCUT2D eigenvalue weighted by Gasteiger charge is -2.23. The van der Waals surface area contributed by atoms with Crippen molar-refractivity contribution in [1.29, 1.82) is 0 Å². The molecule has 5 nitrogen and oxygen atoms in total. The van der Waals surface area contributed by atoms with E-state index in [1.807, 2.05) is 26.0 Å². The van der Waals surface area contributed by atoms with Gasteiger partial charge < -0.3 is 15.0 Å². The predicted molar refractivity (Wildman–Crippen MR) is 107 cm³/mol. The molecule has 0 unspecified atom stereocenters. The number of pyridine rings is 1. The summed E-state index contributed by atoms with van der Waals surface area (Å²) < 4.78 is 14.1. The second-order valence-corrected chi connectivity index (χ2v) is 6.88. The topological polar surface area (TPSA) is 73.4 Å². The molecule has 0 saturated heterocycles. The maximum Gasteiger partial charge on any atom is 0.257 e. The summed E-state index contributed by atoms with van der Waals surface area (Å²) in [5, 5.41) is 10.0. The molecule has 1 heterocycles. The second kappa shape index (κ2) is 8.35. The number of nitrogens with zero attached hydrogens (tertiary/aromatic N) is 1. The van der Waals surface area contributed by atoms with Crippen molar-refractivity contribution in [1.82, 2.24) is 9.88 Å². The number of carbonyl (C=O) groups is 1. The van der Waals surface area contributed by atoms with Crippen LogP contribution in [0.25, 0.3) is 10.9 Å². The Kier molecular flexibility index (Phi) is 5.90. The fourth-order valence-corrected chi connectivity index (χ4v) is 3.21. The maximum atomic E-state index is 14.1. The van der Waals surface area contributed by atoms with E-state index >= 15 is 0 Å². The summed E-state index contributed by atoms with van der Waals surface area (Å²) in [6.45, 7) is 4.07. The van der Waals surface area contributed by atoms with Gasteiger partial charge in [0.1, 0.15) is 5.82 Å². The number of fused-ring (bicyclic) bond motifs is 1. The van der Waals surface area contributed by atoms with Crippen LogP contribution in [0.1, 0.15) is 33.5 Å². The van der Waals surface area contributed by atoms with Gasteiger partial charge in [0.2, 0.25) is 0 Å². The van der Waals surface area contributed by atoms with E-state index in [1.165, 1.54) is 23.1 Å². The van der Waals surface area contributed by atoms with E-state index in [1.54, 1.807) is 12.1 Å². The van der Waals surface area contributed by atoms with Gasteiger partial charge in [0.25, 0.3) is 11.5 Å². The summed E-state index contributed by atoms with van der Waals surface area (Å²) in [6.07, 6.45) is 0.337. The van der Waals surface area contributed by atoms with Crippen LogP contribution in [0, 0.1) is 19.7 Å². The molecular formula is C22H23FN2O3. The van der Waals surface area contributed by atoms with Gasteiger partial charge in [0.15, 0.2) is 0 Å². The van der Waals surface area contributed by atoms with Crippen molar-refractivity contribution < 1.29 is 14.3 Å². The molecule has 2 aromatic carbocycles. The number of aromatic amines is 1. The van der Waals surface area contributed by atoms with Gasteiger partial charge in [-0.3, -0.25) is 9.59 Å². The molecule has 146 valence electrons. The summed E-state index contributed by atoms with van der Waals surface area (Å²) >= 11 is 0. The highest BCUT2D eigenvalue weighted by Gasteiger charge is 2.20. The SMILES string of the molecule is Cc1ccc2cc(CN(CCCO)C(=O)c3ccccc3F)c(=O)[nH]c2c1C. The molecule has 0 aliphatic heterocycles. The van der Waals surface area contributed by atoms with Crippen LogP contribution in [0.2, 0.25) is 0 Å². The molecule has 0 aliphatic carbocycles. The Hall–Kier alpha value is -2.99. The zero-order valence-corrected chi connectivity index (χ0v) is 16.0. The minimum absolute atomic E-state index is 0.0331. The smallest absolute Gasteiger partial charge is 0.257 e. The number of aliphatic hydroxyl groups excluding tert-OH is 1. The summed E-state index contributed by atoms with van der Waals surface area (Å²) in [4.78, 5) is 29.8. The lowest BCUT2D eigenvalue weighted by Crippen LogP contribution is -2.34. The summed E-state index contributed by atoms with van der Waals surface area (Å²) in [5.41, 5.74) is 2.94. The minimum atomic E-state index is -0.611. The number of rotatable bonds is 6. The molecule has 0 saturated carbocycles. The predicted octanol–water partition coefficient (Wildman–Crippen LogP) is 3.31. The average molecular weight is 382 g/mol. The van der Waals surface area contributed by atoms with E-state index < -0.39 is 11.7 Å². The van der Waals surface area contributed by atoms with Crippen LogP contribution in [0.5, 0.6) is 0 Å². The van der Waals surface area contributed by atoms with Gasteiger partial charge in [-0.05, 0) is 55.0 Å². The minimum Gasteiger partial charge on any atom is -0.396 e. The normalized spacial score (nSPS) is 11.0. The van der Waals surface area contributed by atoms with Gasteiger partial charge in [-0.25, -0.2) is 4.39 Å². The monoisotopic (exact) mass is 382 g/mol. The highest BCUT2D eigenvalue weighted by atomic mass is 19.1. The lowest BCUT2D eigenvalue weighted by molar-refractivity contribution is 0.0726. The van der Waals surface area contributed by atoms with Crippen LogP contribution in [-0.2, 0) is 6.54 Å². The first-order chi connectivity index (χ1) is 13.4. The zero-order chi connectivity index (χ0) is 20.3. The molecule has 0 radical (unpaired) electrons. The molecule has 28 heavy (non-hydrogen) atoms. The summed E-state index contributed by atoms with van der Waals surface area (Å²) in [7, 11) is 0. The van der Waals surface area contributed by atoms with Crippen molar-refractivity contribution in [2.45, 2.75) is 26.8 Å². The fourth-order valence-electron chi connectivity index (χ4n) is 3.21. The summed E-state index contributed by atoms with van der Waals surface area (Å²) in [6, 6.07) is 11.4. The number of carbonyl (C=O) groups excluding carboxylic acids is 1. The molecule has 0 aliphatic rings. The number of hydrogen-bond acceptors (Lipinski definition) is 3. The highest BCUT2D eigenvalue weighted by molar-refractivity contribution is 5.94. The average Bonchev–Trinajstić information content (AvgIpc) is 2.69. The molecule has 0 spiro atoms. The largest absolute Gasteiger partial charge is 0.396 e. The number of benzene rings is 2. The lowest BCUT2D eigenvalue weighted by atomic mass is 10.0. The second-order valence-electron chi connectivity index (χ2n) is 6.88. The number of amides is 1. The standard InChI is InChI=1S/C22H23FN2O3/c1-14-8-9-16-12-17(21(27)24-20(16)15(14)2)13-25(10-5-11-26)22(28)18-6-3-4-7-19(18)23/h3-4,6-9,12,26H,5,10-11,13H2,1-2H3,(H,24,27). The molecular weight excluding hydrogens is 359 g/mol. The molecule has 2 N–H and O–H groups in total. The molecule has 3 aromatic rings. The summed E-state index contributed by atoms with van der Waals surface area (Å²) in [5.74, 6) is -1.12. The Labute approximate surface area is 162 Å². The van der Waals surface area contributed by atoms with Crippen LogP contribution >= 0.6 is 0 Å². The molecule has 0 fully saturated rings. The van der Waals surface area contributed by atoms with Crippen molar-refractivity contribution in [3.8, 4) is 0 Å². The van der Waals surface area contributed by atoms with Gasteiger partial charge in [-0.15, -0.1) is 0 Å². The third kappa shape index (κ3) is 3.97. The molecule has 3 rings (SSSR count). The number of aromatic nitrogens is 1. The van der Waals surface area contributed by atoms with Crippen LogP contribution in [0.4, 0.5) is 4.39 Å². The van der Waals surface area contributed by atoms with Crippen molar-refractivity contribution in [2.75, 3.05) is 13.2 Å². The van der Waals surface area contributed by atoms with Crippen LogP contribution in [0.15, 0.2) is 47.3 Å². The molecule has 0 atom stereocenters. The molecule has 1 amide bonds. The first-order valence-electron chi connectivity index (χ1n) is 9.19. The van der Waals surface area contributed by atoms with Crippen LogP contribution in [0.3, 0.4) is 0 Å². The number of halogens is 1. The van der Waals surface area contributed by atoms with E-state index in [9.17, 15) is 14.0 Å². The van der Waals surface area contributed by atoms with Crippen molar-refractivity contribution in [3.63, 3.8) is 0 Å². The third-order valence-electron chi connectivity index (χ3n) is 4.97. The Morgan fingerprint density at radius 1 is 1.18 bits per heavy atom. The molecule has 6 heteroatoms. The quantitative estimate of drug-likeness (QED) is 0.687. The molecule has 0 bridgehead atoms. The Morgan fingerprint density at radius 2 is 1.93 bits per heavy atom. The van der Waals surface area contributed by atoms with Crippen molar-refractivity contribution in [3.05, 3.63) is 80.9 Å². The Bertz CT molecular complexity index is 1080. The van der Waals surface area contributed by atoms with Gasteiger partial charge in [-0.1, -0.05) is 24.3 Å². The first kappa shape index (κ1) is 19.8. The van der Waals surface area contributed by atoms with E-state index in [4.69, 9.17) is 5.11 Å². The van der Waals surface area contributed by atoms with Crippen molar-refractivity contribution >= 4 is 16.8 Å². The van der Waals surface area contributed by atoms with Crippen LogP contribution in [-0.4, -0.2) is 34.0 Å². The van der Waals surface area contributed by atoms with E-state index in [-0.39, 0.29) is 30.8 Å². The van der Waals surface area contributed by atoms with Gasteiger partial charge in [0.05, 0.1) is 17.6 Å². The Balaban J connectivity index is 1.98. The number of H-pyrrole nitrogens is 1. The van der Waals surface area contributed by atoms with Gasteiger partial charge >= 0.3 is 0 Å². The van der Waals surface area contributed by atoms with E-state index in [0.29, 0.717) is 12.0 Å². The number of nitrogens with one attached hydrogen (secondary N) is 1. The third-order valence-corrected chi connectivity index (χ3v) is 4.97.